The Hall–Kier alpha value is -1.54. The molecule has 5 heteroatoms. The number of nitriles is 1. The number of nitrogens with zero attached hydrogens (tertiary/aromatic N) is 3. The molecule has 0 bridgehead atoms. The van der Waals surface area contributed by atoms with E-state index in [-0.39, 0.29) is 0 Å². The van der Waals surface area contributed by atoms with Crippen LogP contribution in [0.1, 0.15) is 18.4 Å². The molecule has 1 heterocycles. The lowest BCUT2D eigenvalue weighted by molar-refractivity contribution is 0.563. The molecular formula is C8H13N5. The largest absolute Gasteiger partial charge is 0.381 e. The molecule has 0 aromatic carbocycles. The fraction of sp³-hybridized carbons (Fsp3) is 0.500. The molecule has 0 radical (unpaired) electrons. The van der Waals surface area contributed by atoms with E-state index in [1.54, 1.807) is 10.9 Å². The molecule has 0 saturated carbocycles. The van der Waals surface area contributed by atoms with Crippen LogP contribution in [0, 0.1) is 11.3 Å². The lowest BCUT2D eigenvalue weighted by Gasteiger charge is -1.98. The van der Waals surface area contributed by atoms with Crippen LogP contribution in [0.2, 0.25) is 0 Å². The summed E-state index contributed by atoms with van der Waals surface area (Å²) < 4.78 is 1.68. The summed E-state index contributed by atoms with van der Waals surface area (Å²) in [5, 5.41) is 12.6. The highest BCUT2D eigenvalue weighted by atomic mass is 15.3. The molecule has 4 N–H and O–H groups in total. The van der Waals surface area contributed by atoms with Gasteiger partial charge in [-0.3, -0.25) is 4.68 Å². The molecule has 1 aromatic rings. The van der Waals surface area contributed by atoms with Crippen LogP contribution in [-0.2, 0) is 6.54 Å². The Balaban J connectivity index is 2.54. The van der Waals surface area contributed by atoms with E-state index in [4.69, 9.17) is 16.7 Å². The topological polar surface area (TPSA) is 93.6 Å². The van der Waals surface area contributed by atoms with Crippen molar-refractivity contribution in [3.8, 4) is 6.07 Å². The van der Waals surface area contributed by atoms with Crippen LogP contribution in [0.5, 0.6) is 0 Å². The molecule has 0 spiro atoms. The second-order valence-electron chi connectivity index (χ2n) is 2.80. The number of unbranched alkanes of at least 4 members (excludes halogenated alkanes) is 1. The third-order valence-corrected chi connectivity index (χ3v) is 1.75. The third-order valence-electron chi connectivity index (χ3n) is 1.75. The van der Waals surface area contributed by atoms with E-state index in [1.807, 2.05) is 6.07 Å². The highest BCUT2D eigenvalue weighted by molar-refractivity contribution is 5.46. The lowest BCUT2D eigenvalue weighted by Crippen LogP contribution is -2.03. The van der Waals surface area contributed by atoms with Crippen LogP contribution in [-0.4, -0.2) is 16.3 Å². The molecular weight excluding hydrogens is 166 g/mol. The molecule has 1 aromatic heterocycles. The summed E-state index contributed by atoms with van der Waals surface area (Å²) in [6.07, 6.45) is 3.58. The van der Waals surface area contributed by atoms with Gasteiger partial charge in [0.25, 0.3) is 0 Å². The van der Waals surface area contributed by atoms with Crippen molar-refractivity contribution >= 4 is 5.82 Å². The average Bonchev–Trinajstić information content (AvgIpc) is 2.47. The second-order valence-corrected chi connectivity index (χ2v) is 2.80. The van der Waals surface area contributed by atoms with E-state index < -0.39 is 0 Å². The molecule has 5 nitrogen and oxygen atoms in total. The van der Waals surface area contributed by atoms with Gasteiger partial charge in [-0.15, -0.1) is 0 Å². The van der Waals surface area contributed by atoms with Crippen molar-refractivity contribution in [2.45, 2.75) is 19.4 Å². The number of hydrogen-bond donors (Lipinski definition) is 2. The van der Waals surface area contributed by atoms with Crippen molar-refractivity contribution in [1.82, 2.24) is 9.78 Å². The summed E-state index contributed by atoms with van der Waals surface area (Å²) in [7, 11) is 0. The second kappa shape index (κ2) is 4.48. The molecule has 0 aliphatic heterocycles. The first-order chi connectivity index (χ1) is 6.27. The minimum absolute atomic E-state index is 0.301. The van der Waals surface area contributed by atoms with Gasteiger partial charge in [0.05, 0.1) is 0 Å². The van der Waals surface area contributed by atoms with Crippen molar-refractivity contribution < 1.29 is 0 Å². The van der Waals surface area contributed by atoms with Crippen LogP contribution >= 0.6 is 0 Å². The van der Waals surface area contributed by atoms with Gasteiger partial charge in [-0.1, -0.05) is 0 Å². The van der Waals surface area contributed by atoms with Crippen LogP contribution < -0.4 is 11.5 Å². The van der Waals surface area contributed by atoms with Crippen LogP contribution in [0.15, 0.2) is 6.20 Å². The molecule has 0 atom stereocenters. The predicted molar refractivity (Wildman–Crippen MR) is 49.6 cm³/mol. The number of nitrogens with two attached hydrogens (primary N) is 2. The maximum atomic E-state index is 8.60. The van der Waals surface area contributed by atoms with Gasteiger partial charge in [0, 0.05) is 12.7 Å². The molecule has 0 aliphatic carbocycles. The quantitative estimate of drug-likeness (QED) is 0.640. The summed E-state index contributed by atoms with van der Waals surface area (Å²) in [5.74, 6) is 0.301. The van der Waals surface area contributed by atoms with Crippen molar-refractivity contribution in [2.24, 2.45) is 5.73 Å². The smallest absolute Gasteiger partial charge is 0.163 e. The predicted octanol–water partition coefficient (Wildman–Crippen LogP) is 0.0759. The van der Waals surface area contributed by atoms with Gasteiger partial charge in [0.2, 0.25) is 0 Å². The Morgan fingerprint density at radius 3 is 2.85 bits per heavy atom. The Morgan fingerprint density at radius 1 is 1.54 bits per heavy atom. The molecule has 1 rings (SSSR count). The summed E-state index contributed by atoms with van der Waals surface area (Å²) >= 11 is 0. The van der Waals surface area contributed by atoms with Crippen molar-refractivity contribution in [1.29, 1.82) is 5.26 Å². The molecule has 0 fully saturated rings. The van der Waals surface area contributed by atoms with Gasteiger partial charge in [-0.05, 0) is 19.4 Å². The average molecular weight is 179 g/mol. The van der Waals surface area contributed by atoms with Crippen molar-refractivity contribution in [3.63, 3.8) is 0 Å². The summed E-state index contributed by atoms with van der Waals surface area (Å²) in [4.78, 5) is 0. The number of aromatic nitrogens is 2. The van der Waals surface area contributed by atoms with E-state index in [2.05, 4.69) is 5.10 Å². The molecule has 0 aliphatic rings. The molecule has 0 unspecified atom stereocenters. The number of rotatable bonds is 4. The minimum atomic E-state index is 0.301. The van der Waals surface area contributed by atoms with Crippen molar-refractivity contribution in [2.75, 3.05) is 12.3 Å². The van der Waals surface area contributed by atoms with Gasteiger partial charge in [0.1, 0.15) is 11.6 Å². The Morgan fingerprint density at radius 2 is 2.31 bits per heavy atom. The van der Waals surface area contributed by atoms with E-state index in [0.29, 0.717) is 17.9 Å². The maximum Gasteiger partial charge on any atom is 0.163 e. The van der Waals surface area contributed by atoms with Gasteiger partial charge in [0.15, 0.2) is 5.82 Å². The summed E-state index contributed by atoms with van der Waals surface area (Å²) in [6, 6.07) is 1.97. The summed E-state index contributed by atoms with van der Waals surface area (Å²) in [5.41, 5.74) is 11.3. The van der Waals surface area contributed by atoms with Crippen molar-refractivity contribution in [3.05, 3.63) is 11.8 Å². The van der Waals surface area contributed by atoms with Crippen LogP contribution in [0.3, 0.4) is 0 Å². The Labute approximate surface area is 76.9 Å². The van der Waals surface area contributed by atoms with Crippen LogP contribution in [0.4, 0.5) is 5.82 Å². The Bertz CT molecular complexity index is 309. The van der Waals surface area contributed by atoms with E-state index in [9.17, 15) is 0 Å². The number of aryl methyl sites for hydroxylation is 1. The van der Waals surface area contributed by atoms with Gasteiger partial charge >= 0.3 is 0 Å². The molecule has 70 valence electrons. The van der Waals surface area contributed by atoms with Gasteiger partial charge < -0.3 is 11.5 Å². The zero-order valence-electron chi connectivity index (χ0n) is 7.40. The van der Waals surface area contributed by atoms with Crippen LogP contribution in [0.25, 0.3) is 0 Å². The monoisotopic (exact) mass is 179 g/mol. The molecule has 0 amide bonds. The number of anilines is 1. The fourth-order valence-corrected chi connectivity index (χ4v) is 1.06. The first-order valence-electron chi connectivity index (χ1n) is 4.21. The zero-order chi connectivity index (χ0) is 9.68. The third kappa shape index (κ3) is 2.46. The minimum Gasteiger partial charge on any atom is -0.381 e. The van der Waals surface area contributed by atoms with E-state index in [0.717, 1.165) is 19.4 Å². The fourth-order valence-electron chi connectivity index (χ4n) is 1.06. The summed E-state index contributed by atoms with van der Waals surface area (Å²) in [6.45, 7) is 1.45. The van der Waals surface area contributed by atoms with Gasteiger partial charge in [-0.2, -0.15) is 10.4 Å². The lowest BCUT2D eigenvalue weighted by atomic mass is 10.3. The number of nitrogen functional groups attached to an aromatic ring is 1. The van der Waals surface area contributed by atoms with E-state index >= 15 is 0 Å². The first-order valence-corrected chi connectivity index (χ1v) is 4.21. The normalized spacial score (nSPS) is 9.85. The first kappa shape index (κ1) is 9.55. The highest BCUT2D eigenvalue weighted by Crippen LogP contribution is 2.07. The zero-order valence-corrected chi connectivity index (χ0v) is 7.40. The molecule has 0 saturated heterocycles. The Kier molecular flexibility index (Phi) is 3.29. The maximum absolute atomic E-state index is 8.60. The SMILES string of the molecule is N#Cc1cn(CCCCN)nc1N. The highest BCUT2D eigenvalue weighted by Gasteiger charge is 2.03. The van der Waals surface area contributed by atoms with Gasteiger partial charge in [-0.25, -0.2) is 0 Å². The molecule has 13 heavy (non-hydrogen) atoms. The number of hydrogen-bond acceptors (Lipinski definition) is 4. The standard InChI is InChI=1S/C8H13N5/c9-3-1-2-4-13-6-7(5-10)8(11)12-13/h6H,1-4,9H2,(H2,11,12). The van der Waals surface area contributed by atoms with E-state index in [1.165, 1.54) is 0 Å².